The number of ether oxygens (including phenoxy) is 1. The largest absolute Gasteiger partial charge is 0.426 e. The summed E-state index contributed by atoms with van der Waals surface area (Å²) < 4.78 is 6.19. The number of esters is 1. The number of carbonyl (C=O) groups excluding carboxylic acids is 1. The molecule has 0 heterocycles. The number of hydrogen-bond acceptors (Lipinski definition) is 2. The summed E-state index contributed by atoms with van der Waals surface area (Å²) in [6.45, 7) is 0. The van der Waals surface area contributed by atoms with E-state index in [2.05, 4.69) is 28.1 Å². The van der Waals surface area contributed by atoms with E-state index in [1.165, 1.54) is 32.1 Å². The second kappa shape index (κ2) is 6.48. The van der Waals surface area contributed by atoms with Crippen LogP contribution in [-0.4, -0.2) is 10.3 Å². The van der Waals surface area contributed by atoms with Crippen molar-refractivity contribution in [1.82, 2.24) is 0 Å². The molecule has 4 saturated carbocycles. The van der Waals surface area contributed by atoms with Crippen molar-refractivity contribution in [1.29, 1.82) is 0 Å². The van der Waals surface area contributed by atoms with Crippen LogP contribution in [0.1, 0.15) is 44.9 Å². The van der Waals surface area contributed by atoms with Crippen LogP contribution in [0.2, 0.25) is 0 Å². The molecule has 0 radical (unpaired) electrons. The van der Waals surface area contributed by atoms with Gasteiger partial charge in [-0.1, -0.05) is 64.5 Å². The van der Waals surface area contributed by atoms with Gasteiger partial charge in [0.2, 0.25) is 0 Å². The molecule has 4 fully saturated rings. The highest BCUT2D eigenvalue weighted by atomic mass is 79.9. The molecule has 0 saturated heterocycles. The quantitative estimate of drug-likeness (QED) is 0.323. The van der Waals surface area contributed by atoms with E-state index in [1.807, 2.05) is 42.5 Å². The number of benzene rings is 2. The molecule has 0 aromatic heterocycles. The molecular formula is C24H25BrO2. The van der Waals surface area contributed by atoms with Gasteiger partial charge in [-0.3, -0.25) is 4.79 Å². The molecule has 4 aliphatic rings. The van der Waals surface area contributed by atoms with Crippen LogP contribution in [0.5, 0.6) is 5.75 Å². The van der Waals surface area contributed by atoms with Gasteiger partial charge < -0.3 is 4.74 Å². The first-order chi connectivity index (χ1) is 13.0. The molecule has 0 N–H and O–H groups in total. The van der Waals surface area contributed by atoms with E-state index in [4.69, 9.17) is 4.74 Å². The molecule has 140 valence electrons. The lowest BCUT2D eigenvalue weighted by atomic mass is 9.49. The molecule has 4 bridgehead atoms. The number of hydrogen-bond donors (Lipinski definition) is 0. The first kappa shape index (κ1) is 17.5. The third kappa shape index (κ3) is 3.35. The van der Waals surface area contributed by atoms with Gasteiger partial charge in [-0.05, 0) is 67.4 Å². The Morgan fingerprint density at radius 1 is 0.963 bits per heavy atom. The van der Waals surface area contributed by atoms with Gasteiger partial charge in [-0.25, -0.2) is 0 Å². The van der Waals surface area contributed by atoms with Crippen LogP contribution in [0.4, 0.5) is 0 Å². The zero-order valence-corrected chi connectivity index (χ0v) is 17.1. The molecule has 2 nitrogen and oxygen atoms in total. The van der Waals surface area contributed by atoms with Crippen LogP contribution in [0.15, 0.2) is 54.6 Å². The number of alkyl halides is 1. The van der Waals surface area contributed by atoms with Gasteiger partial charge >= 0.3 is 5.97 Å². The smallest absolute Gasteiger partial charge is 0.311 e. The third-order valence-corrected chi connectivity index (χ3v) is 7.75. The van der Waals surface area contributed by atoms with Gasteiger partial charge in [0, 0.05) is 9.89 Å². The maximum Gasteiger partial charge on any atom is 0.311 e. The Kier molecular flexibility index (Phi) is 4.19. The Morgan fingerprint density at radius 3 is 2.33 bits per heavy atom. The summed E-state index contributed by atoms with van der Waals surface area (Å²) in [6, 6.07) is 18.0. The van der Waals surface area contributed by atoms with Crippen molar-refractivity contribution in [2.24, 2.45) is 17.3 Å². The summed E-state index contributed by atoms with van der Waals surface area (Å²) >= 11 is 4.04. The number of rotatable bonds is 4. The van der Waals surface area contributed by atoms with Crippen molar-refractivity contribution < 1.29 is 9.53 Å². The van der Waals surface area contributed by atoms with E-state index < -0.39 is 0 Å². The third-order valence-electron chi connectivity index (χ3n) is 6.83. The molecule has 2 aromatic rings. The zero-order valence-electron chi connectivity index (χ0n) is 15.5. The van der Waals surface area contributed by atoms with E-state index in [9.17, 15) is 4.79 Å². The summed E-state index contributed by atoms with van der Waals surface area (Å²) in [4.78, 5) is 12.9. The zero-order chi connectivity index (χ0) is 18.5. The van der Waals surface area contributed by atoms with Gasteiger partial charge in [-0.15, -0.1) is 0 Å². The highest BCUT2D eigenvalue weighted by Crippen LogP contribution is 2.65. The Bertz CT molecular complexity index is 846. The monoisotopic (exact) mass is 424 g/mol. The van der Waals surface area contributed by atoms with Crippen LogP contribution in [-0.2, 0) is 4.79 Å². The lowest BCUT2D eigenvalue weighted by Crippen LogP contribution is -2.53. The van der Waals surface area contributed by atoms with Crippen LogP contribution in [0, 0.1) is 17.3 Å². The summed E-state index contributed by atoms with van der Waals surface area (Å²) in [6.07, 6.45) is 8.02. The summed E-state index contributed by atoms with van der Waals surface area (Å²) in [5.41, 5.74) is 2.20. The SMILES string of the molecule is O=C(CC12C[C@H]3C[C@@H](CC(Br)(C3)C1)C2)Oc1ccccc1-c1ccccc1. The van der Waals surface area contributed by atoms with Gasteiger partial charge in [-0.2, -0.15) is 0 Å². The van der Waals surface area contributed by atoms with Crippen molar-refractivity contribution in [3.63, 3.8) is 0 Å². The predicted octanol–water partition coefficient (Wildman–Crippen LogP) is 6.38. The Hall–Kier alpha value is -1.61. The summed E-state index contributed by atoms with van der Waals surface area (Å²) in [7, 11) is 0. The molecule has 0 aliphatic heterocycles. The molecule has 0 spiro atoms. The van der Waals surface area contributed by atoms with Gasteiger partial charge in [0.25, 0.3) is 0 Å². The number of carbonyl (C=O) groups is 1. The average Bonchev–Trinajstić information content (AvgIpc) is 2.60. The van der Waals surface area contributed by atoms with Crippen molar-refractivity contribution in [3.8, 4) is 16.9 Å². The van der Waals surface area contributed by atoms with E-state index in [0.717, 1.165) is 29.4 Å². The first-order valence-corrected chi connectivity index (χ1v) is 10.9. The Balaban J connectivity index is 1.35. The minimum atomic E-state index is -0.0727. The van der Waals surface area contributed by atoms with Crippen LogP contribution >= 0.6 is 15.9 Å². The number of para-hydroxylation sites is 1. The van der Waals surface area contributed by atoms with Crippen LogP contribution in [0.3, 0.4) is 0 Å². The maximum atomic E-state index is 12.9. The molecule has 2 aromatic carbocycles. The van der Waals surface area contributed by atoms with Crippen molar-refractivity contribution in [2.45, 2.75) is 49.3 Å². The topological polar surface area (TPSA) is 26.3 Å². The molecule has 4 aliphatic carbocycles. The molecule has 0 amide bonds. The Labute approximate surface area is 169 Å². The molecule has 3 heteroatoms. The van der Waals surface area contributed by atoms with Gasteiger partial charge in [0.05, 0.1) is 6.42 Å². The van der Waals surface area contributed by atoms with E-state index in [1.54, 1.807) is 0 Å². The lowest BCUT2D eigenvalue weighted by molar-refractivity contribution is -0.141. The van der Waals surface area contributed by atoms with E-state index in [-0.39, 0.29) is 15.7 Å². The highest BCUT2D eigenvalue weighted by molar-refractivity contribution is 9.10. The molecule has 0 unspecified atom stereocenters. The first-order valence-electron chi connectivity index (χ1n) is 10.1. The fourth-order valence-corrected chi connectivity index (χ4v) is 7.93. The van der Waals surface area contributed by atoms with E-state index in [0.29, 0.717) is 12.2 Å². The maximum absolute atomic E-state index is 12.9. The molecule has 2 atom stereocenters. The van der Waals surface area contributed by atoms with Gasteiger partial charge in [0.1, 0.15) is 5.75 Å². The fourth-order valence-electron chi connectivity index (χ4n) is 6.42. The molecule has 27 heavy (non-hydrogen) atoms. The van der Waals surface area contributed by atoms with Crippen molar-refractivity contribution in [3.05, 3.63) is 54.6 Å². The van der Waals surface area contributed by atoms with Crippen LogP contribution in [0.25, 0.3) is 11.1 Å². The minimum Gasteiger partial charge on any atom is -0.426 e. The Morgan fingerprint density at radius 2 is 1.63 bits per heavy atom. The van der Waals surface area contributed by atoms with E-state index >= 15 is 0 Å². The van der Waals surface area contributed by atoms with Crippen LogP contribution < -0.4 is 4.74 Å². The second-order valence-corrected chi connectivity index (χ2v) is 10.8. The molecule has 6 rings (SSSR count). The summed E-state index contributed by atoms with van der Waals surface area (Å²) in [5, 5.41) is 0. The predicted molar refractivity (Wildman–Crippen MR) is 111 cm³/mol. The second-order valence-electron chi connectivity index (χ2n) is 9.12. The fraction of sp³-hybridized carbons (Fsp3) is 0.458. The number of halogens is 1. The average molecular weight is 425 g/mol. The normalized spacial score (nSPS) is 33.8. The summed E-state index contributed by atoms with van der Waals surface area (Å²) in [5.74, 6) is 2.17. The molecular weight excluding hydrogens is 400 g/mol. The highest BCUT2D eigenvalue weighted by Gasteiger charge is 2.57. The van der Waals surface area contributed by atoms with Crippen molar-refractivity contribution >= 4 is 21.9 Å². The standard InChI is InChI=1S/C24H25BrO2/c25-24-13-17-10-18(14-24)12-23(11-17,16-24)15-22(26)27-21-9-5-4-8-20(21)19-6-2-1-3-7-19/h1-9,17-18H,10-16H2/t17-,18-,23?,24?/m1/s1. The lowest BCUT2D eigenvalue weighted by Gasteiger charge is -2.60. The van der Waals surface area contributed by atoms with Crippen molar-refractivity contribution in [2.75, 3.05) is 0 Å². The minimum absolute atomic E-state index is 0.0727. The van der Waals surface area contributed by atoms with Gasteiger partial charge in [0.15, 0.2) is 0 Å².